The van der Waals surface area contributed by atoms with E-state index in [0.29, 0.717) is 38.8 Å². The molecule has 3 aliphatic rings. The van der Waals surface area contributed by atoms with Gasteiger partial charge in [-0.05, 0) is 38.2 Å². The van der Waals surface area contributed by atoms with Gasteiger partial charge in [0.2, 0.25) is 11.8 Å². The number of carbonyl (C=O) groups excluding carboxylic acids is 3. The molecule has 3 aliphatic heterocycles. The van der Waals surface area contributed by atoms with Gasteiger partial charge in [0.1, 0.15) is 11.6 Å². The highest BCUT2D eigenvalue weighted by molar-refractivity contribution is 5.98. The molecule has 2 bridgehead atoms. The van der Waals surface area contributed by atoms with Gasteiger partial charge in [0, 0.05) is 19.7 Å². The highest BCUT2D eigenvalue weighted by atomic mass is 16.6. The molecule has 168 valence electrons. The normalized spacial score (nSPS) is 31.0. The summed E-state index contributed by atoms with van der Waals surface area (Å²) >= 11 is 0. The van der Waals surface area contributed by atoms with Crippen LogP contribution in [0.2, 0.25) is 0 Å². The van der Waals surface area contributed by atoms with E-state index in [-0.39, 0.29) is 25.0 Å². The van der Waals surface area contributed by atoms with Gasteiger partial charge in [0.05, 0.1) is 24.5 Å². The second-order valence-electron chi connectivity index (χ2n) is 8.47. The fraction of sp³-hybridized carbons (Fsp3) is 0.609. The van der Waals surface area contributed by atoms with Crippen LogP contribution in [0.15, 0.2) is 30.3 Å². The van der Waals surface area contributed by atoms with Crippen LogP contribution < -0.4 is 5.32 Å². The van der Waals surface area contributed by atoms with Crippen LogP contribution in [0.5, 0.6) is 0 Å². The number of unbranched alkanes of at least 4 members (excludes halogenated alkanes) is 1. The number of carbonyl (C=O) groups is 3. The number of amides is 2. The molecule has 31 heavy (non-hydrogen) atoms. The Labute approximate surface area is 181 Å². The van der Waals surface area contributed by atoms with Crippen molar-refractivity contribution in [1.29, 1.82) is 0 Å². The fourth-order valence-electron chi connectivity index (χ4n) is 5.48. The summed E-state index contributed by atoms with van der Waals surface area (Å²) in [6, 6.07) is 8.78. The lowest BCUT2D eigenvalue weighted by Gasteiger charge is -2.33. The topological polar surface area (TPSA) is 105 Å². The molecule has 2 amide bonds. The second kappa shape index (κ2) is 8.96. The molecular formula is C23H30N2O6. The number of aliphatic hydroxyl groups is 1. The average Bonchev–Trinajstić information content (AvgIpc) is 3.41. The summed E-state index contributed by atoms with van der Waals surface area (Å²) in [7, 11) is 0. The number of likely N-dealkylation sites (tertiary alicyclic amines) is 1. The van der Waals surface area contributed by atoms with Crippen LogP contribution in [0.4, 0.5) is 0 Å². The number of ether oxygens (including phenoxy) is 2. The van der Waals surface area contributed by atoms with Crippen molar-refractivity contribution in [3.8, 4) is 0 Å². The molecule has 0 saturated carbocycles. The molecule has 3 heterocycles. The Bertz CT molecular complexity index is 831. The van der Waals surface area contributed by atoms with Gasteiger partial charge in [-0.15, -0.1) is 0 Å². The number of hydrogen-bond donors (Lipinski definition) is 2. The van der Waals surface area contributed by atoms with E-state index in [0.717, 1.165) is 5.56 Å². The van der Waals surface area contributed by atoms with Crippen molar-refractivity contribution < 1.29 is 29.0 Å². The standard InChI is InChI=1S/C23H30N2O6/c1-2-30-22(29)17-16-10-11-23(31-16)18(17)21(28)25(12-6-7-13-26)19(23)20(27)24-14-15-8-4-3-5-9-15/h3-5,8-9,16-19,26H,2,6-7,10-14H2,1H3,(H,24,27)/t16-,17+,18+,19?,23?/m1/s1. The average molecular weight is 431 g/mol. The number of esters is 1. The van der Waals surface area contributed by atoms with Gasteiger partial charge in [-0.2, -0.15) is 0 Å². The van der Waals surface area contributed by atoms with Gasteiger partial charge in [-0.3, -0.25) is 14.4 Å². The summed E-state index contributed by atoms with van der Waals surface area (Å²) in [6.07, 6.45) is 1.90. The largest absolute Gasteiger partial charge is 0.466 e. The number of fused-ring (bicyclic) bond motifs is 1. The van der Waals surface area contributed by atoms with E-state index in [4.69, 9.17) is 14.6 Å². The molecule has 8 heteroatoms. The van der Waals surface area contributed by atoms with E-state index in [2.05, 4.69) is 5.32 Å². The van der Waals surface area contributed by atoms with Gasteiger partial charge in [-0.1, -0.05) is 30.3 Å². The second-order valence-corrected chi connectivity index (χ2v) is 8.47. The molecule has 0 radical (unpaired) electrons. The van der Waals surface area contributed by atoms with E-state index in [1.54, 1.807) is 11.8 Å². The van der Waals surface area contributed by atoms with Crippen LogP contribution in [0.1, 0.15) is 38.2 Å². The first-order valence-corrected chi connectivity index (χ1v) is 11.1. The van der Waals surface area contributed by atoms with Crippen molar-refractivity contribution in [3.05, 3.63) is 35.9 Å². The van der Waals surface area contributed by atoms with Gasteiger partial charge >= 0.3 is 5.97 Å². The summed E-state index contributed by atoms with van der Waals surface area (Å²) in [6.45, 7) is 2.67. The third kappa shape index (κ3) is 3.72. The Morgan fingerprint density at radius 1 is 1.29 bits per heavy atom. The molecule has 0 aromatic heterocycles. The van der Waals surface area contributed by atoms with Crippen molar-refractivity contribution >= 4 is 17.8 Å². The molecule has 0 aliphatic carbocycles. The van der Waals surface area contributed by atoms with E-state index in [9.17, 15) is 14.4 Å². The highest BCUT2D eigenvalue weighted by Gasteiger charge is 2.74. The Kier molecular flexibility index (Phi) is 6.29. The number of aliphatic hydroxyl groups excluding tert-OH is 1. The molecule has 3 fully saturated rings. The van der Waals surface area contributed by atoms with E-state index >= 15 is 0 Å². The number of nitrogens with one attached hydrogen (secondary N) is 1. The maximum absolute atomic E-state index is 13.5. The van der Waals surface area contributed by atoms with Crippen LogP contribution in [0.25, 0.3) is 0 Å². The molecule has 1 spiro atoms. The van der Waals surface area contributed by atoms with E-state index < -0.39 is 35.6 Å². The molecule has 5 atom stereocenters. The lowest BCUT2D eigenvalue weighted by atomic mass is 9.71. The first kappa shape index (κ1) is 21.8. The molecule has 1 aromatic rings. The predicted octanol–water partition coefficient (Wildman–Crippen LogP) is 1.01. The van der Waals surface area contributed by atoms with Gasteiger partial charge in [0.25, 0.3) is 0 Å². The minimum absolute atomic E-state index is 0.0193. The lowest BCUT2D eigenvalue weighted by Crippen LogP contribution is -2.55. The zero-order chi connectivity index (χ0) is 22.0. The fourth-order valence-corrected chi connectivity index (χ4v) is 5.48. The minimum Gasteiger partial charge on any atom is -0.466 e. The van der Waals surface area contributed by atoms with Gasteiger partial charge in [-0.25, -0.2) is 0 Å². The summed E-state index contributed by atoms with van der Waals surface area (Å²) in [4.78, 5) is 41.1. The van der Waals surface area contributed by atoms with Crippen LogP contribution in [-0.2, 0) is 30.4 Å². The Morgan fingerprint density at radius 2 is 2.06 bits per heavy atom. The molecule has 4 rings (SSSR count). The smallest absolute Gasteiger partial charge is 0.312 e. The van der Waals surface area contributed by atoms with Crippen LogP contribution in [-0.4, -0.2) is 65.3 Å². The third-order valence-electron chi connectivity index (χ3n) is 6.72. The molecule has 2 unspecified atom stereocenters. The van der Waals surface area contributed by atoms with Crippen LogP contribution in [0.3, 0.4) is 0 Å². The Morgan fingerprint density at radius 3 is 2.77 bits per heavy atom. The van der Waals surface area contributed by atoms with Crippen molar-refractivity contribution in [2.75, 3.05) is 19.8 Å². The summed E-state index contributed by atoms with van der Waals surface area (Å²) < 4.78 is 11.5. The number of rotatable bonds is 9. The number of hydrogen-bond acceptors (Lipinski definition) is 6. The molecule has 2 N–H and O–H groups in total. The predicted molar refractivity (Wildman–Crippen MR) is 111 cm³/mol. The highest BCUT2D eigenvalue weighted by Crippen LogP contribution is 2.58. The quantitative estimate of drug-likeness (QED) is 0.448. The monoisotopic (exact) mass is 430 g/mol. The first-order valence-electron chi connectivity index (χ1n) is 11.1. The van der Waals surface area contributed by atoms with Crippen molar-refractivity contribution in [2.24, 2.45) is 11.8 Å². The zero-order valence-corrected chi connectivity index (χ0v) is 17.8. The molecule has 3 saturated heterocycles. The van der Waals surface area contributed by atoms with Crippen LogP contribution >= 0.6 is 0 Å². The Balaban J connectivity index is 1.60. The Hall–Kier alpha value is -2.45. The SMILES string of the molecule is CCOC(=O)[C@@H]1[C@H]2C(=O)N(CCCCO)C(C(=O)NCc3ccccc3)C23CC[C@H]1O3. The first-order chi connectivity index (χ1) is 15.0. The summed E-state index contributed by atoms with van der Waals surface area (Å²) in [5.74, 6) is -2.29. The third-order valence-corrected chi connectivity index (χ3v) is 6.72. The molecule has 8 nitrogen and oxygen atoms in total. The summed E-state index contributed by atoms with van der Waals surface area (Å²) in [5, 5.41) is 12.1. The van der Waals surface area contributed by atoms with Crippen molar-refractivity contribution in [1.82, 2.24) is 10.2 Å². The lowest BCUT2D eigenvalue weighted by molar-refractivity contribution is -0.154. The van der Waals surface area contributed by atoms with Gasteiger partial charge in [0.15, 0.2) is 0 Å². The van der Waals surface area contributed by atoms with E-state index in [1.807, 2.05) is 30.3 Å². The van der Waals surface area contributed by atoms with E-state index in [1.165, 1.54) is 0 Å². The van der Waals surface area contributed by atoms with Crippen molar-refractivity contribution in [2.45, 2.75) is 56.9 Å². The molecular weight excluding hydrogens is 400 g/mol. The number of benzene rings is 1. The summed E-state index contributed by atoms with van der Waals surface area (Å²) in [5.41, 5.74) is -0.0406. The minimum atomic E-state index is -1.00. The maximum Gasteiger partial charge on any atom is 0.312 e. The molecule has 1 aromatic carbocycles. The zero-order valence-electron chi connectivity index (χ0n) is 17.8. The van der Waals surface area contributed by atoms with Crippen molar-refractivity contribution in [3.63, 3.8) is 0 Å². The van der Waals surface area contributed by atoms with Crippen LogP contribution in [0, 0.1) is 11.8 Å². The maximum atomic E-state index is 13.5. The number of nitrogens with zero attached hydrogens (tertiary/aromatic N) is 1. The van der Waals surface area contributed by atoms with Gasteiger partial charge < -0.3 is 24.8 Å².